The molecule has 0 spiro atoms. The Morgan fingerprint density at radius 3 is 2.67 bits per heavy atom. The molecule has 0 amide bonds. The number of nitrogens with two attached hydrogens (primary N) is 1. The van der Waals surface area contributed by atoms with Gasteiger partial charge in [0.15, 0.2) is 0 Å². The lowest BCUT2D eigenvalue weighted by molar-refractivity contribution is 0.341. The molecule has 0 bridgehead atoms. The molecule has 126 valence electrons. The van der Waals surface area contributed by atoms with E-state index in [1.807, 2.05) is 19.1 Å². The zero-order valence-corrected chi connectivity index (χ0v) is 14.6. The molecule has 1 aromatic heterocycles. The van der Waals surface area contributed by atoms with Crippen molar-refractivity contribution in [1.29, 1.82) is 0 Å². The van der Waals surface area contributed by atoms with Crippen molar-refractivity contribution in [2.24, 2.45) is 5.73 Å². The van der Waals surface area contributed by atoms with Crippen molar-refractivity contribution in [3.8, 4) is 17.0 Å². The topological polar surface area (TPSA) is 51.0 Å². The van der Waals surface area contributed by atoms with Crippen LogP contribution in [0.4, 0.5) is 0 Å². The third-order valence-corrected chi connectivity index (χ3v) is 4.49. The molecule has 0 aliphatic carbocycles. The molecule has 0 unspecified atom stereocenters. The Balaban J connectivity index is 2.16. The highest BCUT2D eigenvalue weighted by Crippen LogP contribution is 2.37. The predicted octanol–water partition coefficient (Wildman–Crippen LogP) is 4.82. The first-order valence-corrected chi connectivity index (χ1v) is 8.78. The molecule has 0 radical (unpaired) electrons. The number of hydrogen-bond donors (Lipinski definition) is 2. The Bertz CT molecular complexity index is 820. The average molecular weight is 322 g/mol. The van der Waals surface area contributed by atoms with Gasteiger partial charge in [-0.3, -0.25) is 0 Å². The molecule has 0 saturated heterocycles. The number of para-hydroxylation sites is 2. The first kappa shape index (κ1) is 16.6. The number of H-pyrrole nitrogens is 1. The van der Waals surface area contributed by atoms with Crippen molar-refractivity contribution in [1.82, 2.24) is 4.98 Å². The van der Waals surface area contributed by atoms with Crippen LogP contribution < -0.4 is 10.5 Å². The second-order valence-corrected chi connectivity index (χ2v) is 6.15. The maximum atomic E-state index is 5.86. The van der Waals surface area contributed by atoms with Crippen LogP contribution >= 0.6 is 0 Å². The van der Waals surface area contributed by atoms with Gasteiger partial charge in [-0.15, -0.1) is 0 Å². The summed E-state index contributed by atoms with van der Waals surface area (Å²) in [6.45, 7) is 5.58. The molecular weight excluding hydrogens is 296 g/mol. The highest BCUT2D eigenvalue weighted by Gasteiger charge is 2.16. The van der Waals surface area contributed by atoms with Crippen molar-refractivity contribution in [2.45, 2.75) is 33.1 Å². The second kappa shape index (κ2) is 7.54. The van der Waals surface area contributed by atoms with Gasteiger partial charge >= 0.3 is 0 Å². The Hall–Kier alpha value is -2.26. The smallest absolute Gasteiger partial charge is 0.128 e. The SMILES string of the molecule is CCOc1ccccc1-c1[nH]c2c(C)cccc2c1CCCCN. The molecule has 3 rings (SSSR count). The minimum absolute atomic E-state index is 0.665. The molecule has 3 heteroatoms. The number of benzene rings is 2. The third-order valence-electron chi connectivity index (χ3n) is 4.49. The maximum Gasteiger partial charge on any atom is 0.128 e. The van der Waals surface area contributed by atoms with Crippen LogP contribution in [0.3, 0.4) is 0 Å². The van der Waals surface area contributed by atoms with Crippen LogP contribution in [0.25, 0.3) is 22.2 Å². The number of unbranched alkanes of at least 4 members (excludes halogenated alkanes) is 1. The van der Waals surface area contributed by atoms with Crippen molar-refractivity contribution < 1.29 is 4.74 Å². The van der Waals surface area contributed by atoms with Crippen molar-refractivity contribution in [3.63, 3.8) is 0 Å². The van der Waals surface area contributed by atoms with E-state index in [9.17, 15) is 0 Å². The lowest BCUT2D eigenvalue weighted by Gasteiger charge is -2.11. The predicted molar refractivity (Wildman–Crippen MR) is 102 cm³/mol. The molecule has 2 aromatic carbocycles. The monoisotopic (exact) mass is 322 g/mol. The van der Waals surface area contributed by atoms with Gasteiger partial charge in [-0.1, -0.05) is 30.3 Å². The summed E-state index contributed by atoms with van der Waals surface area (Å²) in [7, 11) is 0. The number of aryl methyl sites for hydroxylation is 2. The molecule has 3 aromatic rings. The molecule has 0 atom stereocenters. The summed E-state index contributed by atoms with van der Waals surface area (Å²) in [6, 6.07) is 14.8. The lowest BCUT2D eigenvalue weighted by Crippen LogP contribution is -2.00. The van der Waals surface area contributed by atoms with E-state index in [-0.39, 0.29) is 0 Å². The van der Waals surface area contributed by atoms with Crippen LogP contribution in [-0.2, 0) is 6.42 Å². The number of aromatic nitrogens is 1. The van der Waals surface area contributed by atoms with Crippen LogP contribution in [0.2, 0.25) is 0 Å². The summed E-state index contributed by atoms with van der Waals surface area (Å²) in [5.74, 6) is 0.935. The van der Waals surface area contributed by atoms with E-state index in [0.29, 0.717) is 6.61 Å². The van der Waals surface area contributed by atoms with Gasteiger partial charge in [0.25, 0.3) is 0 Å². The van der Waals surface area contributed by atoms with Gasteiger partial charge in [-0.05, 0) is 62.9 Å². The molecular formula is C21H26N2O. The third kappa shape index (κ3) is 3.17. The fourth-order valence-electron chi connectivity index (χ4n) is 3.31. The quantitative estimate of drug-likeness (QED) is 0.612. The van der Waals surface area contributed by atoms with Gasteiger partial charge in [-0.2, -0.15) is 0 Å². The van der Waals surface area contributed by atoms with Gasteiger partial charge in [-0.25, -0.2) is 0 Å². The molecule has 3 nitrogen and oxygen atoms in total. The van der Waals surface area contributed by atoms with Crippen LogP contribution in [0, 0.1) is 6.92 Å². The number of nitrogens with one attached hydrogen (secondary N) is 1. The van der Waals surface area contributed by atoms with Crippen LogP contribution in [0.5, 0.6) is 5.75 Å². The first-order valence-electron chi connectivity index (χ1n) is 8.78. The first-order chi connectivity index (χ1) is 11.8. The summed E-state index contributed by atoms with van der Waals surface area (Å²) >= 11 is 0. The summed E-state index contributed by atoms with van der Waals surface area (Å²) in [5, 5.41) is 1.31. The normalized spacial score (nSPS) is 11.1. The fourth-order valence-corrected chi connectivity index (χ4v) is 3.31. The number of ether oxygens (including phenoxy) is 1. The van der Waals surface area contributed by atoms with E-state index >= 15 is 0 Å². The number of aromatic amines is 1. The molecule has 0 aliphatic heterocycles. The number of hydrogen-bond acceptors (Lipinski definition) is 2. The summed E-state index contributed by atoms with van der Waals surface area (Å²) in [4.78, 5) is 3.66. The van der Waals surface area contributed by atoms with Crippen LogP contribution in [0.1, 0.15) is 30.9 Å². The Morgan fingerprint density at radius 1 is 1.04 bits per heavy atom. The molecule has 0 aliphatic rings. The highest BCUT2D eigenvalue weighted by molar-refractivity contribution is 5.93. The van der Waals surface area contributed by atoms with Gasteiger partial charge in [0, 0.05) is 16.5 Å². The summed E-state index contributed by atoms with van der Waals surface area (Å²) in [6.07, 6.45) is 3.17. The van der Waals surface area contributed by atoms with Gasteiger partial charge in [0.2, 0.25) is 0 Å². The minimum Gasteiger partial charge on any atom is -0.493 e. The van der Waals surface area contributed by atoms with Gasteiger partial charge in [0.1, 0.15) is 5.75 Å². The Labute approximate surface area is 143 Å². The van der Waals surface area contributed by atoms with Gasteiger partial charge in [0.05, 0.1) is 12.3 Å². The molecule has 0 fully saturated rings. The number of rotatable bonds is 7. The van der Waals surface area contributed by atoms with Crippen LogP contribution in [0.15, 0.2) is 42.5 Å². The molecule has 1 heterocycles. The summed E-state index contributed by atoms with van der Waals surface area (Å²) < 4.78 is 5.86. The van der Waals surface area contributed by atoms with E-state index in [2.05, 4.69) is 42.2 Å². The summed E-state index contributed by atoms with van der Waals surface area (Å²) in [5.41, 5.74) is 11.9. The van der Waals surface area contributed by atoms with Crippen molar-refractivity contribution in [2.75, 3.05) is 13.2 Å². The van der Waals surface area contributed by atoms with Crippen LogP contribution in [-0.4, -0.2) is 18.1 Å². The van der Waals surface area contributed by atoms with Crippen molar-refractivity contribution >= 4 is 10.9 Å². The lowest BCUT2D eigenvalue weighted by atomic mass is 9.99. The van der Waals surface area contributed by atoms with E-state index in [4.69, 9.17) is 10.5 Å². The van der Waals surface area contributed by atoms with E-state index in [0.717, 1.165) is 37.1 Å². The van der Waals surface area contributed by atoms with Crippen molar-refractivity contribution in [3.05, 3.63) is 53.6 Å². The standard InChI is InChI=1S/C21H26N2O/c1-3-24-19-13-5-4-11-18(19)21-17(10-6-7-14-22)16-12-8-9-15(2)20(16)23-21/h4-5,8-9,11-13,23H,3,6-7,10,14,22H2,1-2H3. The molecule has 0 saturated carbocycles. The zero-order chi connectivity index (χ0) is 16.9. The van der Waals surface area contributed by atoms with E-state index < -0.39 is 0 Å². The van der Waals surface area contributed by atoms with E-state index in [1.54, 1.807) is 0 Å². The molecule has 3 N–H and O–H groups in total. The number of fused-ring (bicyclic) bond motifs is 1. The van der Waals surface area contributed by atoms with E-state index in [1.165, 1.54) is 27.7 Å². The molecule has 24 heavy (non-hydrogen) atoms. The zero-order valence-electron chi connectivity index (χ0n) is 14.6. The van der Waals surface area contributed by atoms with Gasteiger partial charge < -0.3 is 15.5 Å². The highest BCUT2D eigenvalue weighted by atomic mass is 16.5. The minimum atomic E-state index is 0.665. The average Bonchev–Trinajstić information content (AvgIpc) is 2.96. The Morgan fingerprint density at radius 2 is 1.88 bits per heavy atom. The largest absolute Gasteiger partial charge is 0.493 e. The maximum absolute atomic E-state index is 5.86. The second-order valence-electron chi connectivity index (χ2n) is 6.15. The Kier molecular flexibility index (Phi) is 5.21. The fraction of sp³-hybridized carbons (Fsp3) is 0.333.